The van der Waals surface area contributed by atoms with E-state index in [1.807, 2.05) is 24.3 Å². The largest absolute Gasteiger partial charge is 0.489 e. The Morgan fingerprint density at radius 3 is 2.86 bits per heavy atom. The number of benzene rings is 2. The van der Waals surface area contributed by atoms with Gasteiger partial charge in [-0.2, -0.15) is 5.10 Å². The lowest BCUT2D eigenvalue weighted by molar-refractivity contribution is -0.114. The average Bonchev–Trinajstić information content (AvgIpc) is 3.27. The zero-order valence-electron chi connectivity index (χ0n) is 18.9. The monoisotopic (exact) mass is 470 g/mol. The van der Waals surface area contributed by atoms with Crippen LogP contribution in [0.3, 0.4) is 0 Å². The lowest BCUT2D eigenvalue weighted by Crippen LogP contribution is -2.40. The minimum Gasteiger partial charge on any atom is -0.489 e. The topological polar surface area (TPSA) is 99.2 Å². The average molecular weight is 471 g/mol. The third-order valence-electron chi connectivity index (χ3n) is 5.95. The van der Waals surface area contributed by atoms with Crippen molar-refractivity contribution < 1.29 is 13.9 Å². The highest BCUT2D eigenvalue weighted by Crippen LogP contribution is 2.37. The van der Waals surface area contributed by atoms with E-state index < -0.39 is 5.82 Å². The van der Waals surface area contributed by atoms with E-state index >= 15 is 0 Å². The van der Waals surface area contributed by atoms with Crippen LogP contribution in [0.25, 0.3) is 22.3 Å². The van der Waals surface area contributed by atoms with E-state index in [-0.39, 0.29) is 24.4 Å². The number of rotatable bonds is 6. The molecule has 0 saturated carbocycles. The van der Waals surface area contributed by atoms with E-state index in [0.717, 1.165) is 11.3 Å². The van der Waals surface area contributed by atoms with Crippen LogP contribution in [0.1, 0.15) is 11.6 Å². The van der Waals surface area contributed by atoms with Gasteiger partial charge in [-0.15, -0.1) is 0 Å². The van der Waals surface area contributed by atoms with Crippen LogP contribution < -0.4 is 15.4 Å². The Hall–Kier alpha value is -4.53. The summed E-state index contributed by atoms with van der Waals surface area (Å²) in [6.07, 6.45) is 4.86. The Labute approximate surface area is 201 Å². The molecule has 0 bridgehead atoms. The Morgan fingerprint density at radius 1 is 1.23 bits per heavy atom. The van der Waals surface area contributed by atoms with Crippen molar-refractivity contribution in [3.63, 3.8) is 0 Å². The third-order valence-corrected chi connectivity index (χ3v) is 5.95. The lowest BCUT2D eigenvalue weighted by Gasteiger charge is -2.34. The van der Waals surface area contributed by atoms with Crippen molar-refractivity contribution >= 4 is 28.4 Å². The minimum absolute atomic E-state index is 0.206. The van der Waals surface area contributed by atoms with Crippen LogP contribution in [0, 0.1) is 5.82 Å². The van der Waals surface area contributed by atoms with Crippen molar-refractivity contribution in [1.82, 2.24) is 19.7 Å². The number of hydrogen-bond acceptors (Lipinski definition) is 6. The molecule has 5 rings (SSSR count). The molecule has 0 radical (unpaired) electrons. The quantitative estimate of drug-likeness (QED) is 0.337. The van der Waals surface area contributed by atoms with Crippen LogP contribution in [0.2, 0.25) is 0 Å². The van der Waals surface area contributed by atoms with Crippen molar-refractivity contribution in [2.45, 2.75) is 12.5 Å². The second kappa shape index (κ2) is 9.02. The van der Waals surface area contributed by atoms with Gasteiger partial charge in [-0.1, -0.05) is 37.4 Å². The highest BCUT2D eigenvalue weighted by atomic mass is 19.1. The number of nitrogen functional groups attached to an aromatic ring is 1. The lowest BCUT2D eigenvalue weighted by atomic mass is 9.97. The molecule has 176 valence electrons. The number of hydrogen-bond donors (Lipinski definition) is 1. The fraction of sp³-hybridized carbons (Fsp3) is 0.154. The predicted octanol–water partition coefficient (Wildman–Crippen LogP) is 4.10. The van der Waals surface area contributed by atoms with Crippen LogP contribution in [-0.2, 0) is 11.2 Å². The van der Waals surface area contributed by atoms with Crippen LogP contribution in [0.5, 0.6) is 5.75 Å². The Balaban J connectivity index is 1.65. The van der Waals surface area contributed by atoms with E-state index in [4.69, 9.17) is 15.6 Å². The number of fused-ring (bicyclic) bond motifs is 2. The highest BCUT2D eigenvalue weighted by molar-refractivity contribution is 6.02. The molecule has 0 saturated heterocycles. The maximum absolute atomic E-state index is 14.5. The van der Waals surface area contributed by atoms with Gasteiger partial charge in [0.05, 0.1) is 11.4 Å². The van der Waals surface area contributed by atoms with Crippen LogP contribution >= 0.6 is 0 Å². The van der Waals surface area contributed by atoms with Gasteiger partial charge in [0.25, 0.3) is 0 Å². The number of anilines is 2. The van der Waals surface area contributed by atoms with E-state index in [2.05, 4.69) is 23.1 Å². The van der Waals surface area contributed by atoms with Gasteiger partial charge in [0.1, 0.15) is 36.0 Å². The maximum atomic E-state index is 14.5. The predicted molar refractivity (Wildman–Crippen MR) is 133 cm³/mol. The molecule has 2 aromatic heterocycles. The molecule has 1 unspecified atom stereocenters. The number of nitrogens with zero attached hydrogens (tertiary/aromatic N) is 5. The maximum Gasteiger partial charge on any atom is 0.250 e. The Morgan fingerprint density at radius 2 is 2.06 bits per heavy atom. The molecule has 0 fully saturated rings. The number of nitrogens with two attached hydrogens (primary N) is 1. The van der Waals surface area contributed by atoms with Crippen LogP contribution in [0.15, 0.2) is 74.1 Å². The summed E-state index contributed by atoms with van der Waals surface area (Å²) in [6, 6.07) is 11.8. The number of aromatic nitrogens is 4. The molecule has 4 aromatic rings. The molecule has 9 heteroatoms. The summed E-state index contributed by atoms with van der Waals surface area (Å²) in [4.78, 5) is 22.9. The number of para-hydroxylation sites is 1. The molecule has 8 nitrogen and oxygen atoms in total. The van der Waals surface area contributed by atoms with Crippen LogP contribution in [0.4, 0.5) is 15.9 Å². The first-order valence-electron chi connectivity index (χ1n) is 11.0. The molecule has 2 aromatic carbocycles. The summed E-state index contributed by atoms with van der Waals surface area (Å²) in [7, 11) is 0. The fourth-order valence-corrected chi connectivity index (χ4v) is 4.45. The summed E-state index contributed by atoms with van der Waals surface area (Å²) in [5.41, 5.74) is 9.49. The Bertz CT molecular complexity index is 1460. The molecule has 1 atom stereocenters. The standard InChI is InChI=1S/C26H23FN6O2/c1-3-9-35-20-12-17(10-18(27)13-20)24-23-25(28)29-15-30-26(23)33(31-24)19-11-16-7-5-6-8-21(16)32(14-19)22(34)4-2/h3-8,10,12-13,15,19H,1-2,9,11,14H2,(H2,28,29,30). The first kappa shape index (κ1) is 22.3. The minimum atomic E-state index is -0.478. The van der Waals surface area contributed by atoms with Gasteiger partial charge in [-0.3, -0.25) is 4.79 Å². The van der Waals surface area contributed by atoms with E-state index in [9.17, 15) is 9.18 Å². The van der Waals surface area contributed by atoms with Crippen molar-refractivity contribution in [2.75, 3.05) is 23.8 Å². The number of halogens is 1. The smallest absolute Gasteiger partial charge is 0.250 e. The van der Waals surface area contributed by atoms with Gasteiger partial charge < -0.3 is 15.4 Å². The Kier molecular flexibility index (Phi) is 5.74. The molecule has 1 aliphatic rings. The zero-order valence-corrected chi connectivity index (χ0v) is 18.9. The SMILES string of the molecule is C=CCOc1cc(F)cc(-c2nn(C3Cc4ccccc4N(C(=O)C=C)C3)c3ncnc(N)c23)c1. The number of amides is 1. The normalized spacial score (nSPS) is 15.0. The van der Waals surface area contributed by atoms with Crippen molar-refractivity contribution in [1.29, 1.82) is 0 Å². The van der Waals surface area contributed by atoms with Gasteiger partial charge >= 0.3 is 0 Å². The first-order chi connectivity index (χ1) is 17.0. The van der Waals surface area contributed by atoms with Gasteiger partial charge in [-0.25, -0.2) is 19.0 Å². The van der Waals surface area contributed by atoms with Crippen molar-refractivity contribution in [3.8, 4) is 17.0 Å². The number of ether oxygens (including phenoxy) is 1. The number of carbonyl (C=O) groups is 1. The highest BCUT2D eigenvalue weighted by Gasteiger charge is 2.31. The second-order valence-corrected chi connectivity index (χ2v) is 8.17. The molecule has 0 spiro atoms. The van der Waals surface area contributed by atoms with Gasteiger partial charge in [0.15, 0.2) is 5.65 Å². The van der Waals surface area contributed by atoms with E-state index in [1.165, 1.54) is 24.5 Å². The van der Waals surface area contributed by atoms with E-state index in [0.29, 0.717) is 41.0 Å². The second-order valence-electron chi connectivity index (χ2n) is 8.17. The molecule has 1 aliphatic heterocycles. The fourth-order valence-electron chi connectivity index (χ4n) is 4.45. The zero-order chi connectivity index (χ0) is 24.5. The molecule has 3 heterocycles. The molecule has 2 N–H and O–H groups in total. The van der Waals surface area contributed by atoms with E-state index in [1.54, 1.807) is 21.7 Å². The summed E-state index contributed by atoms with van der Waals surface area (Å²) in [5.74, 6) is -0.118. The molecule has 0 aliphatic carbocycles. The van der Waals surface area contributed by atoms with Gasteiger partial charge in [0, 0.05) is 23.9 Å². The van der Waals surface area contributed by atoms with Crippen molar-refractivity contribution in [3.05, 3.63) is 85.5 Å². The van der Waals surface area contributed by atoms with Crippen molar-refractivity contribution in [2.24, 2.45) is 0 Å². The summed E-state index contributed by atoms with van der Waals surface area (Å²) in [5, 5.41) is 5.33. The summed E-state index contributed by atoms with van der Waals surface area (Å²) >= 11 is 0. The van der Waals surface area contributed by atoms with Gasteiger partial charge in [0.2, 0.25) is 5.91 Å². The molecule has 35 heavy (non-hydrogen) atoms. The summed E-state index contributed by atoms with van der Waals surface area (Å²) < 4.78 is 21.8. The third kappa shape index (κ3) is 4.01. The summed E-state index contributed by atoms with van der Waals surface area (Å²) in [6.45, 7) is 7.86. The van der Waals surface area contributed by atoms with Crippen LogP contribution in [-0.4, -0.2) is 38.8 Å². The first-order valence-corrected chi connectivity index (χ1v) is 11.0. The molecular formula is C26H23FN6O2. The molecule has 1 amide bonds. The number of carbonyl (C=O) groups excluding carboxylic acids is 1. The molecular weight excluding hydrogens is 447 g/mol. The van der Waals surface area contributed by atoms with Gasteiger partial charge in [-0.05, 0) is 36.3 Å².